The van der Waals surface area contributed by atoms with Crippen LogP contribution in [0.4, 0.5) is 49.6 Å². The molecule has 0 heterocycles. The summed E-state index contributed by atoms with van der Waals surface area (Å²) in [6, 6.07) is 5.07. The van der Waals surface area contributed by atoms with E-state index in [1.165, 1.54) is 45.2 Å². The van der Waals surface area contributed by atoms with Crippen LogP contribution >= 0.6 is 45.2 Å². The second-order valence-electron chi connectivity index (χ2n) is 7.95. The molecule has 40 heavy (non-hydrogen) atoms. The SMILES string of the molecule is CNC(=O)c1c(F)ccc(-c2cccc(C(=O)Nc3c(I)cc(C(F)(C(F)(F)F)C(F)(F)F)cc3I)c2F)c1F. The number of hydrogen-bond acceptors (Lipinski definition) is 2. The molecule has 0 saturated carbocycles. The highest BCUT2D eigenvalue weighted by molar-refractivity contribution is 14.1. The third kappa shape index (κ3) is 5.60. The van der Waals surface area contributed by atoms with Crippen molar-refractivity contribution < 1.29 is 53.5 Å². The Morgan fingerprint density at radius 1 is 0.750 bits per heavy atom. The van der Waals surface area contributed by atoms with E-state index in [0.29, 0.717) is 6.07 Å². The van der Waals surface area contributed by atoms with Gasteiger partial charge in [-0.25, -0.2) is 17.6 Å². The summed E-state index contributed by atoms with van der Waals surface area (Å²) in [4.78, 5) is 24.7. The molecule has 0 aliphatic carbocycles. The van der Waals surface area contributed by atoms with Gasteiger partial charge in [0.2, 0.25) is 0 Å². The molecule has 3 aromatic carbocycles. The van der Waals surface area contributed by atoms with E-state index in [2.05, 4.69) is 5.32 Å². The van der Waals surface area contributed by atoms with Crippen LogP contribution in [0.5, 0.6) is 0 Å². The van der Waals surface area contributed by atoms with E-state index < -0.39 is 82.2 Å². The summed E-state index contributed by atoms with van der Waals surface area (Å²) in [5.41, 5.74) is -10.8. The van der Waals surface area contributed by atoms with Crippen LogP contribution in [0, 0.1) is 24.6 Å². The van der Waals surface area contributed by atoms with Crippen molar-refractivity contribution in [2.24, 2.45) is 0 Å². The first-order valence-electron chi connectivity index (χ1n) is 10.5. The zero-order valence-corrected chi connectivity index (χ0v) is 23.7. The van der Waals surface area contributed by atoms with Gasteiger partial charge in [-0.05, 0) is 75.5 Å². The van der Waals surface area contributed by atoms with Crippen LogP contribution < -0.4 is 10.6 Å². The summed E-state index contributed by atoms with van der Waals surface area (Å²) in [6.07, 6.45) is -12.7. The first kappa shape index (κ1) is 31.9. The van der Waals surface area contributed by atoms with E-state index in [-0.39, 0.29) is 17.8 Å². The van der Waals surface area contributed by atoms with Crippen LogP contribution in [0.25, 0.3) is 11.1 Å². The van der Waals surface area contributed by atoms with Crippen molar-refractivity contribution in [3.63, 3.8) is 0 Å². The second-order valence-corrected chi connectivity index (χ2v) is 10.3. The summed E-state index contributed by atoms with van der Waals surface area (Å²) in [5, 5.41) is 4.16. The Morgan fingerprint density at radius 3 is 1.77 bits per heavy atom. The predicted molar refractivity (Wildman–Crippen MR) is 140 cm³/mol. The molecule has 4 nitrogen and oxygen atoms in total. The molecule has 0 saturated heterocycles. The number of halogens is 12. The molecule has 0 spiro atoms. The summed E-state index contributed by atoms with van der Waals surface area (Å²) in [7, 11) is 1.11. The number of nitrogens with one attached hydrogen (secondary N) is 2. The Morgan fingerprint density at radius 2 is 1.27 bits per heavy atom. The molecule has 0 unspecified atom stereocenters. The third-order valence-electron chi connectivity index (χ3n) is 5.54. The minimum absolute atomic E-state index is 0.236. The Bertz CT molecular complexity index is 1470. The Hall–Kier alpha value is -2.64. The number of benzene rings is 3. The number of anilines is 1. The van der Waals surface area contributed by atoms with Crippen molar-refractivity contribution >= 4 is 62.7 Å². The number of hydrogen-bond donors (Lipinski definition) is 2. The second kappa shape index (κ2) is 11.3. The minimum Gasteiger partial charge on any atom is -0.355 e. The third-order valence-corrected chi connectivity index (χ3v) is 7.24. The van der Waals surface area contributed by atoms with E-state index in [0.717, 1.165) is 31.3 Å². The van der Waals surface area contributed by atoms with Crippen molar-refractivity contribution in [3.8, 4) is 11.1 Å². The van der Waals surface area contributed by atoms with E-state index >= 15 is 4.39 Å². The van der Waals surface area contributed by atoms with Crippen LogP contribution in [-0.4, -0.2) is 31.2 Å². The minimum atomic E-state index is -6.36. The lowest BCUT2D eigenvalue weighted by molar-refractivity contribution is -0.348. The maximum atomic E-state index is 15.4. The van der Waals surface area contributed by atoms with E-state index in [1.807, 2.05) is 5.32 Å². The smallest absolute Gasteiger partial charge is 0.355 e. The number of rotatable bonds is 5. The number of carbonyl (C=O) groups excluding carboxylic acids is 2. The Kier molecular flexibility index (Phi) is 9.03. The fourth-order valence-corrected chi connectivity index (χ4v) is 5.61. The lowest BCUT2D eigenvalue weighted by Crippen LogP contribution is -2.50. The van der Waals surface area contributed by atoms with Gasteiger partial charge in [0.25, 0.3) is 11.8 Å². The van der Waals surface area contributed by atoms with E-state index in [1.54, 1.807) is 0 Å². The quantitative estimate of drug-likeness (QED) is 0.204. The van der Waals surface area contributed by atoms with Crippen LogP contribution in [0.2, 0.25) is 0 Å². The molecule has 3 rings (SSSR count). The van der Waals surface area contributed by atoms with Crippen molar-refractivity contribution in [2.45, 2.75) is 18.0 Å². The van der Waals surface area contributed by atoms with Gasteiger partial charge in [-0.3, -0.25) is 9.59 Å². The molecular formula is C24H12F10I2N2O2. The van der Waals surface area contributed by atoms with Crippen molar-refractivity contribution in [1.29, 1.82) is 0 Å². The Balaban J connectivity index is 2.05. The molecule has 0 atom stereocenters. The summed E-state index contributed by atoms with van der Waals surface area (Å²) in [6.45, 7) is 0. The summed E-state index contributed by atoms with van der Waals surface area (Å²) >= 11 is 2.54. The summed E-state index contributed by atoms with van der Waals surface area (Å²) in [5.74, 6) is -6.41. The number of amides is 2. The maximum Gasteiger partial charge on any atom is 0.435 e. The standard InChI is InChI=1S/C24H12F10I2N2O2/c1-37-21(40)16-13(25)6-5-11(18(16)27)10-3-2-4-12(17(10)26)20(39)38-19-14(35)7-9(8-15(19)36)22(28,23(29,30)31)24(32,33)34/h2-8H,1H3,(H,37,40)(H,38,39). The lowest BCUT2D eigenvalue weighted by atomic mass is 9.94. The lowest BCUT2D eigenvalue weighted by Gasteiger charge is -2.31. The zero-order chi connectivity index (χ0) is 30.4. The van der Waals surface area contributed by atoms with Gasteiger partial charge in [-0.2, -0.15) is 26.3 Å². The number of carbonyl (C=O) groups is 2. The van der Waals surface area contributed by atoms with E-state index in [4.69, 9.17) is 0 Å². The highest BCUT2D eigenvalue weighted by atomic mass is 127. The Labute approximate surface area is 245 Å². The average molecular weight is 804 g/mol. The largest absolute Gasteiger partial charge is 0.435 e. The fourth-order valence-electron chi connectivity index (χ4n) is 3.57. The first-order valence-corrected chi connectivity index (χ1v) is 12.6. The normalized spacial score (nSPS) is 12.3. The molecule has 0 aromatic heterocycles. The van der Waals surface area contributed by atoms with Gasteiger partial charge in [-0.15, -0.1) is 0 Å². The highest BCUT2D eigenvalue weighted by Crippen LogP contribution is 2.54. The van der Waals surface area contributed by atoms with Crippen LogP contribution in [0.3, 0.4) is 0 Å². The van der Waals surface area contributed by atoms with Crippen molar-refractivity contribution in [1.82, 2.24) is 5.32 Å². The molecule has 2 N–H and O–H groups in total. The van der Waals surface area contributed by atoms with Crippen molar-refractivity contribution in [2.75, 3.05) is 12.4 Å². The van der Waals surface area contributed by atoms with Gasteiger partial charge in [0.05, 0.1) is 11.3 Å². The predicted octanol–water partition coefficient (Wildman–Crippen LogP) is 7.88. The number of alkyl halides is 7. The van der Waals surface area contributed by atoms with Gasteiger partial charge in [0.15, 0.2) is 0 Å². The molecule has 0 radical (unpaired) electrons. The molecule has 16 heteroatoms. The maximum absolute atomic E-state index is 15.4. The van der Waals surface area contributed by atoms with Gasteiger partial charge in [0, 0.05) is 30.9 Å². The molecule has 2 amide bonds. The molecular weight excluding hydrogens is 792 g/mol. The van der Waals surface area contributed by atoms with Gasteiger partial charge in [0.1, 0.15) is 23.0 Å². The van der Waals surface area contributed by atoms with Gasteiger partial charge >= 0.3 is 18.0 Å². The molecule has 214 valence electrons. The molecule has 0 aliphatic rings. The topological polar surface area (TPSA) is 58.2 Å². The van der Waals surface area contributed by atoms with Crippen LogP contribution in [0.1, 0.15) is 26.3 Å². The average Bonchev–Trinajstić information content (AvgIpc) is 2.84. The fraction of sp³-hybridized carbons (Fsp3) is 0.167. The first-order chi connectivity index (χ1) is 18.4. The van der Waals surface area contributed by atoms with Gasteiger partial charge < -0.3 is 10.6 Å². The van der Waals surface area contributed by atoms with Crippen LogP contribution in [0.15, 0.2) is 42.5 Å². The zero-order valence-electron chi connectivity index (χ0n) is 19.4. The molecule has 0 bridgehead atoms. The molecule has 0 fully saturated rings. The molecule has 3 aromatic rings. The van der Waals surface area contributed by atoms with Crippen molar-refractivity contribution in [3.05, 3.63) is 83.7 Å². The van der Waals surface area contributed by atoms with Gasteiger partial charge in [-0.1, -0.05) is 12.1 Å². The van der Waals surface area contributed by atoms with E-state index in [9.17, 15) is 49.1 Å². The van der Waals surface area contributed by atoms with Crippen LogP contribution in [-0.2, 0) is 5.67 Å². The summed E-state index contributed by atoms with van der Waals surface area (Å²) < 4.78 is 137. The molecule has 0 aliphatic heterocycles. The highest BCUT2D eigenvalue weighted by Gasteiger charge is 2.73. The monoisotopic (exact) mass is 804 g/mol.